The summed E-state index contributed by atoms with van der Waals surface area (Å²) in [6.07, 6.45) is 0. The number of benzene rings is 2. The average Bonchev–Trinajstić information content (AvgIpc) is 2.40. The fraction of sp³-hybridized carbons (Fsp3) is 0.0714. The number of rotatable bonds is 3. The summed E-state index contributed by atoms with van der Waals surface area (Å²) in [6.45, 7) is 0.494. The van der Waals surface area contributed by atoms with Crippen molar-refractivity contribution in [2.24, 2.45) is 0 Å². The number of hydrogen-bond acceptors (Lipinski definition) is 2. The van der Waals surface area contributed by atoms with Crippen molar-refractivity contribution in [2.75, 3.05) is 0 Å². The van der Waals surface area contributed by atoms with E-state index < -0.39 is 0 Å². The monoisotopic (exact) mass is 261 g/mol. The number of carbonyl (C=O) groups excluding carboxylic acids is 1. The van der Waals surface area contributed by atoms with E-state index >= 15 is 0 Å². The Balaban J connectivity index is 1.84. The van der Waals surface area contributed by atoms with Gasteiger partial charge in [-0.25, -0.2) is 4.39 Å². The first kappa shape index (κ1) is 12.6. The van der Waals surface area contributed by atoms with Gasteiger partial charge in [0, 0.05) is 11.4 Å². The maximum Gasteiger partial charge on any atom is 0.284 e. The quantitative estimate of drug-likeness (QED) is 0.851. The Labute approximate surface area is 109 Å². The zero-order valence-electron chi connectivity index (χ0n) is 9.60. The molecule has 18 heavy (non-hydrogen) atoms. The third-order valence-corrected chi connectivity index (χ3v) is 3.14. The molecule has 92 valence electrons. The normalized spacial score (nSPS) is 10.1. The summed E-state index contributed by atoms with van der Waals surface area (Å²) in [5.41, 5.74) is 1.05. The lowest BCUT2D eigenvalue weighted by Gasteiger charge is -2.04. The van der Waals surface area contributed by atoms with E-state index in [1.807, 2.05) is 30.3 Å². The molecular weight excluding hydrogens is 249 g/mol. The van der Waals surface area contributed by atoms with E-state index in [0.717, 1.165) is 22.2 Å². The molecule has 1 N–H and O–H groups in total. The van der Waals surface area contributed by atoms with E-state index in [-0.39, 0.29) is 11.1 Å². The lowest BCUT2D eigenvalue weighted by atomic mass is 10.2. The van der Waals surface area contributed by atoms with Crippen molar-refractivity contribution in [3.63, 3.8) is 0 Å². The van der Waals surface area contributed by atoms with Crippen LogP contribution >= 0.6 is 11.8 Å². The predicted octanol–water partition coefficient (Wildman–Crippen LogP) is 3.83. The third kappa shape index (κ3) is 3.89. The van der Waals surface area contributed by atoms with Gasteiger partial charge < -0.3 is 5.32 Å². The lowest BCUT2D eigenvalue weighted by molar-refractivity contribution is 0.260. The highest BCUT2D eigenvalue weighted by Gasteiger charge is 2.04. The van der Waals surface area contributed by atoms with Crippen molar-refractivity contribution in [2.45, 2.75) is 11.4 Å². The van der Waals surface area contributed by atoms with Crippen molar-refractivity contribution in [3.8, 4) is 0 Å². The molecule has 0 bridgehead atoms. The zero-order chi connectivity index (χ0) is 12.8. The summed E-state index contributed by atoms with van der Waals surface area (Å²) in [6, 6.07) is 15.5. The molecule has 2 aromatic rings. The largest absolute Gasteiger partial charge is 0.343 e. The molecule has 2 rings (SSSR count). The van der Waals surface area contributed by atoms with Gasteiger partial charge in [0.25, 0.3) is 5.24 Å². The molecule has 0 radical (unpaired) electrons. The average molecular weight is 261 g/mol. The molecule has 0 spiro atoms. The molecule has 0 saturated heterocycles. The summed E-state index contributed by atoms with van der Waals surface area (Å²) in [5, 5.41) is 2.64. The van der Waals surface area contributed by atoms with Crippen LogP contribution in [0.1, 0.15) is 5.56 Å². The topological polar surface area (TPSA) is 29.1 Å². The highest BCUT2D eigenvalue weighted by Crippen LogP contribution is 2.18. The number of thioether (sulfide) groups is 1. The van der Waals surface area contributed by atoms with Crippen LogP contribution in [0.25, 0.3) is 0 Å². The van der Waals surface area contributed by atoms with E-state index in [2.05, 4.69) is 5.32 Å². The van der Waals surface area contributed by atoms with Crippen LogP contribution < -0.4 is 5.32 Å². The number of halogens is 1. The number of hydrogen-bond donors (Lipinski definition) is 1. The van der Waals surface area contributed by atoms with Gasteiger partial charge in [0.1, 0.15) is 5.82 Å². The van der Waals surface area contributed by atoms with Gasteiger partial charge in [0.15, 0.2) is 0 Å². The van der Waals surface area contributed by atoms with Gasteiger partial charge in [-0.05, 0) is 41.6 Å². The minimum Gasteiger partial charge on any atom is -0.343 e. The first-order chi connectivity index (χ1) is 8.74. The summed E-state index contributed by atoms with van der Waals surface area (Å²) in [5.74, 6) is -0.302. The highest BCUT2D eigenvalue weighted by atomic mass is 32.2. The number of carbonyl (C=O) groups is 1. The SMILES string of the molecule is O=C(NCc1ccccc1)Sc1ccc(F)cc1. The number of nitrogens with one attached hydrogen (secondary N) is 1. The maximum atomic E-state index is 12.7. The van der Waals surface area contributed by atoms with Crippen LogP contribution in [-0.4, -0.2) is 5.24 Å². The molecule has 0 atom stereocenters. The number of amides is 1. The molecule has 0 heterocycles. The summed E-state index contributed by atoms with van der Waals surface area (Å²) in [4.78, 5) is 12.4. The second-order valence-corrected chi connectivity index (χ2v) is 4.73. The third-order valence-electron chi connectivity index (χ3n) is 2.30. The predicted molar refractivity (Wildman–Crippen MR) is 70.9 cm³/mol. The summed E-state index contributed by atoms with van der Waals surface area (Å²) in [7, 11) is 0. The van der Waals surface area contributed by atoms with Crippen molar-refractivity contribution in [3.05, 3.63) is 66.0 Å². The van der Waals surface area contributed by atoms with Gasteiger partial charge in [-0.15, -0.1) is 0 Å². The van der Waals surface area contributed by atoms with Crippen LogP contribution in [0.4, 0.5) is 9.18 Å². The Morgan fingerprint density at radius 2 is 1.72 bits per heavy atom. The molecule has 0 saturated carbocycles. The Kier molecular flexibility index (Phi) is 4.36. The zero-order valence-corrected chi connectivity index (χ0v) is 10.4. The molecular formula is C14H12FNOS. The molecule has 4 heteroatoms. The van der Waals surface area contributed by atoms with Crippen LogP contribution in [0.15, 0.2) is 59.5 Å². The Bertz CT molecular complexity index is 513. The van der Waals surface area contributed by atoms with Crippen molar-refractivity contribution >= 4 is 17.0 Å². The summed E-state index contributed by atoms with van der Waals surface area (Å²) >= 11 is 1.05. The molecule has 1 amide bonds. The van der Waals surface area contributed by atoms with Crippen LogP contribution in [-0.2, 0) is 6.54 Å². The Hall–Kier alpha value is -1.81. The lowest BCUT2D eigenvalue weighted by Crippen LogP contribution is -2.17. The van der Waals surface area contributed by atoms with Crippen molar-refractivity contribution in [1.29, 1.82) is 0 Å². The van der Waals surface area contributed by atoms with Gasteiger partial charge in [-0.1, -0.05) is 30.3 Å². The fourth-order valence-electron chi connectivity index (χ4n) is 1.42. The second kappa shape index (κ2) is 6.21. The molecule has 0 fully saturated rings. The van der Waals surface area contributed by atoms with Crippen LogP contribution in [0.2, 0.25) is 0 Å². The van der Waals surface area contributed by atoms with Crippen LogP contribution in [0.3, 0.4) is 0 Å². The van der Waals surface area contributed by atoms with Gasteiger partial charge >= 0.3 is 0 Å². The standard InChI is InChI=1S/C14H12FNOS/c15-12-6-8-13(9-7-12)18-14(17)16-10-11-4-2-1-3-5-11/h1-9H,10H2,(H,16,17). The minimum atomic E-state index is -0.302. The fourth-order valence-corrected chi connectivity index (χ4v) is 2.05. The van der Waals surface area contributed by atoms with Crippen molar-refractivity contribution < 1.29 is 9.18 Å². The first-order valence-corrected chi connectivity index (χ1v) is 6.31. The van der Waals surface area contributed by atoms with E-state index in [4.69, 9.17) is 0 Å². The van der Waals surface area contributed by atoms with E-state index in [9.17, 15) is 9.18 Å². The second-order valence-electron chi connectivity index (χ2n) is 3.68. The van der Waals surface area contributed by atoms with Gasteiger partial charge in [0.05, 0.1) is 0 Å². The minimum absolute atomic E-state index is 0.148. The summed E-state index contributed by atoms with van der Waals surface area (Å²) < 4.78 is 12.7. The molecule has 0 aliphatic heterocycles. The molecule has 0 unspecified atom stereocenters. The molecule has 0 aromatic heterocycles. The van der Waals surface area contributed by atoms with Crippen LogP contribution in [0, 0.1) is 5.82 Å². The highest BCUT2D eigenvalue weighted by molar-refractivity contribution is 8.13. The van der Waals surface area contributed by atoms with Gasteiger partial charge in [0.2, 0.25) is 0 Å². The maximum absolute atomic E-state index is 12.7. The van der Waals surface area contributed by atoms with Gasteiger partial charge in [-0.3, -0.25) is 4.79 Å². The van der Waals surface area contributed by atoms with Gasteiger partial charge in [-0.2, -0.15) is 0 Å². The molecule has 2 nitrogen and oxygen atoms in total. The smallest absolute Gasteiger partial charge is 0.284 e. The van der Waals surface area contributed by atoms with E-state index in [0.29, 0.717) is 6.54 Å². The molecule has 2 aromatic carbocycles. The van der Waals surface area contributed by atoms with E-state index in [1.165, 1.54) is 12.1 Å². The van der Waals surface area contributed by atoms with Crippen LogP contribution in [0.5, 0.6) is 0 Å². The first-order valence-electron chi connectivity index (χ1n) is 5.49. The van der Waals surface area contributed by atoms with Crippen molar-refractivity contribution in [1.82, 2.24) is 5.32 Å². The Morgan fingerprint density at radius 3 is 2.39 bits per heavy atom. The molecule has 0 aliphatic rings. The molecule has 0 aliphatic carbocycles. The van der Waals surface area contributed by atoms with E-state index in [1.54, 1.807) is 12.1 Å². The Morgan fingerprint density at radius 1 is 1.06 bits per heavy atom.